The zero-order valence-corrected chi connectivity index (χ0v) is 10.5. The molecule has 3 nitrogen and oxygen atoms in total. The number of ether oxygens (including phenoxy) is 1. The molecule has 4 heteroatoms. The number of nitrogens with zero attached hydrogens (tertiary/aromatic N) is 1. The highest BCUT2D eigenvalue weighted by Gasteiger charge is 2.12. The van der Waals surface area contributed by atoms with Gasteiger partial charge in [0.05, 0.1) is 6.10 Å². The summed E-state index contributed by atoms with van der Waals surface area (Å²) >= 11 is 0. The summed E-state index contributed by atoms with van der Waals surface area (Å²) in [5.41, 5.74) is 0.944. The van der Waals surface area contributed by atoms with Crippen LogP contribution in [0.1, 0.15) is 25.0 Å². The molecule has 94 valence electrons. The van der Waals surface area contributed by atoms with Gasteiger partial charge in [-0.05, 0) is 50.1 Å². The van der Waals surface area contributed by atoms with Crippen LogP contribution in [0.15, 0.2) is 23.8 Å². The number of nitriles is 1. The topological polar surface area (TPSA) is 50.1 Å². The van der Waals surface area contributed by atoms with Crippen molar-refractivity contribution in [2.75, 3.05) is 0 Å². The minimum Gasteiger partial charge on any atom is -0.459 e. The van der Waals surface area contributed by atoms with E-state index in [1.807, 2.05) is 0 Å². The highest BCUT2D eigenvalue weighted by Crippen LogP contribution is 2.13. The number of halogens is 1. The molecule has 0 aliphatic heterocycles. The van der Waals surface area contributed by atoms with Gasteiger partial charge in [-0.2, -0.15) is 5.26 Å². The molecular formula is C14H14FNO2. The molecule has 0 N–H and O–H groups in total. The maximum Gasteiger partial charge on any atom is 0.349 e. The molecule has 0 fully saturated rings. The monoisotopic (exact) mass is 247 g/mol. The second-order valence-corrected chi connectivity index (χ2v) is 4.13. The van der Waals surface area contributed by atoms with Crippen LogP contribution < -0.4 is 0 Å². The van der Waals surface area contributed by atoms with Crippen LogP contribution in [0.5, 0.6) is 0 Å². The molecule has 0 heterocycles. The number of carbonyl (C=O) groups excluding carboxylic acids is 1. The third-order valence-electron chi connectivity index (χ3n) is 2.18. The van der Waals surface area contributed by atoms with Crippen LogP contribution in [-0.4, -0.2) is 12.1 Å². The first-order valence-corrected chi connectivity index (χ1v) is 5.53. The van der Waals surface area contributed by atoms with E-state index in [1.54, 1.807) is 32.9 Å². The summed E-state index contributed by atoms with van der Waals surface area (Å²) in [6, 6.07) is 6.15. The summed E-state index contributed by atoms with van der Waals surface area (Å²) in [5, 5.41) is 8.90. The first-order chi connectivity index (χ1) is 8.43. The third-order valence-corrected chi connectivity index (χ3v) is 2.18. The van der Waals surface area contributed by atoms with Gasteiger partial charge in [0.15, 0.2) is 0 Å². The second kappa shape index (κ2) is 5.97. The zero-order chi connectivity index (χ0) is 13.7. The molecular weight excluding hydrogens is 233 g/mol. The van der Waals surface area contributed by atoms with Crippen LogP contribution in [0.4, 0.5) is 4.39 Å². The molecule has 0 aromatic heterocycles. The maximum atomic E-state index is 13.1. The van der Waals surface area contributed by atoms with Crippen LogP contribution >= 0.6 is 0 Å². The van der Waals surface area contributed by atoms with Gasteiger partial charge in [0.1, 0.15) is 17.5 Å². The molecule has 0 atom stereocenters. The summed E-state index contributed by atoms with van der Waals surface area (Å²) in [5.74, 6) is -0.995. The summed E-state index contributed by atoms with van der Waals surface area (Å²) in [6.07, 6.45) is 1.10. The predicted molar refractivity (Wildman–Crippen MR) is 66.0 cm³/mol. The molecule has 1 rings (SSSR count). The molecule has 0 aliphatic carbocycles. The van der Waals surface area contributed by atoms with Crippen LogP contribution in [0.3, 0.4) is 0 Å². The van der Waals surface area contributed by atoms with E-state index in [0.29, 0.717) is 11.1 Å². The number of carbonyl (C=O) groups is 1. The fraction of sp³-hybridized carbons (Fsp3) is 0.286. The number of aryl methyl sites for hydroxylation is 1. The summed E-state index contributed by atoms with van der Waals surface area (Å²) in [7, 11) is 0. The Morgan fingerprint density at radius 2 is 2.17 bits per heavy atom. The minimum atomic E-state index is -0.672. The Morgan fingerprint density at radius 3 is 2.67 bits per heavy atom. The van der Waals surface area contributed by atoms with Crippen molar-refractivity contribution in [3.8, 4) is 6.07 Å². The van der Waals surface area contributed by atoms with E-state index in [1.165, 1.54) is 18.2 Å². The Labute approximate surface area is 105 Å². The van der Waals surface area contributed by atoms with E-state index in [0.717, 1.165) is 0 Å². The zero-order valence-electron chi connectivity index (χ0n) is 10.5. The van der Waals surface area contributed by atoms with Gasteiger partial charge in [-0.1, -0.05) is 6.07 Å². The molecule has 0 saturated heterocycles. The number of esters is 1. The van der Waals surface area contributed by atoms with Crippen molar-refractivity contribution in [3.05, 3.63) is 40.7 Å². The van der Waals surface area contributed by atoms with E-state index >= 15 is 0 Å². The lowest BCUT2D eigenvalue weighted by Gasteiger charge is -2.06. The van der Waals surface area contributed by atoms with Crippen LogP contribution in [0.2, 0.25) is 0 Å². The Morgan fingerprint density at radius 1 is 1.50 bits per heavy atom. The maximum absolute atomic E-state index is 13.1. The minimum absolute atomic E-state index is 0.102. The number of hydrogen-bond acceptors (Lipinski definition) is 3. The Balaban J connectivity index is 3.01. The smallest absolute Gasteiger partial charge is 0.349 e. The normalized spacial score (nSPS) is 11.2. The quantitative estimate of drug-likeness (QED) is 0.468. The molecule has 1 aromatic rings. The van der Waals surface area contributed by atoms with Crippen molar-refractivity contribution >= 4 is 12.0 Å². The fourth-order valence-electron chi connectivity index (χ4n) is 1.34. The van der Waals surface area contributed by atoms with Gasteiger partial charge in [0.25, 0.3) is 0 Å². The second-order valence-electron chi connectivity index (χ2n) is 4.13. The fourth-order valence-corrected chi connectivity index (χ4v) is 1.34. The third kappa shape index (κ3) is 3.70. The van der Waals surface area contributed by atoms with Crippen molar-refractivity contribution in [1.29, 1.82) is 5.26 Å². The standard InChI is InChI=1S/C14H14FNO2/c1-9(2)18-14(17)12(8-16)7-11-4-5-13(15)10(3)6-11/h4-7,9H,1-3H3/b12-7-. The predicted octanol–water partition coefficient (Wildman–Crippen LogP) is 2.99. The molecule has 0 bridgehead atoms. The molecule has 18 heavy (non-hydrogen) atoms. The van der Waals surface area contributed by atoms with E-state index in [4.69, 9.17) is 10.00 Å². The van der Waals surface area contributed by atoms with Gasteiger partial charge >= 0.3 is 5.97 Å². The lowest BCUT2D eigenvalue weighted by Crippen LogP contribution is -2.12. The van der Waals surface area contributed by atoms with E-state index in [9.17, 15) is 9.18 Å². The first-order valence-electron chi connectivity index (χ1n) is 5.53. The van der Waals surface area contributed by atoms with E-state index < -0.39 is 5.97 Å². The first kappa shape index (κ1) is 13.9. The summed E-state index contributed by atoms with van der Waals surface area (Å²) in [6.45, 7) is 5.02. The number of rotatable bonds is 3. The van der Waals surface area contributed by atoms with Crippen LogP contribution in [0, 0.1) is 24.1 Å². The molecule has 1 aromatic carbocycles. The SMILES string of the molecule is Cc1cc(/C=C(/C#N)C(=O)OC(C)C)ccc1F. The molecule has 0 aliphatic rings. The van der Waals surface area contributed by atoms with Crippen molar-refractivity contribution in [2.45, 2.75) is 26.9 Å². The largest absolute Gasteiger partial charge is 0.459 e. The van der Waals surface area contributed by atoms with Crippen molar-refractivity contribution in [2.24, 2.45) is 0 Å². The Kier molecular flexibility index (Phi) is 4.61. The molecule has 0 unspecified atom stereocenters. The lowest BCUT2D eigenvalue weighted by atomic mass is 10.1. The average Bonchev–Trinajstić information content (AvgIpc) is 2.29. The van der Waals surface area contributed by atoms with Gasteiger partial charge in [-0.15, -0.1) is 0 Å². The highest BCUT2D eigenvalue weighted by molar-refractivity contribution is 5.97. The van der Waals surface area contributed by atoms with Gasteiger partial charge in [0, 0.05) is 0 Å². The highest BCUT2D eigenvalue weighted by atomic mass is 19.1. The van der Waals surface area contributed by atoms with Gasteiger partial charge in [-0.25, -0.2) is 9.18 Å². The Bertz CT molecular complexity index is 527. The van der Waals surface area contributed by atoms with Gasteiger partial charge in [-0.3, -0.25) is 0 Å². The number of benzene rings is 1. The van der Waals surface area contributed by atoms with Crippen molar-refractivity contribution in [3.63, 3.8) is 0 Å². The molecule has 0 radical (unpaired) electrons. The van der Waals surface area contributed by atoms with Crippen LogP contribution in [-0.2, 0) is 9.53 Å². The van der Waals surface area contributed by atoms with E-state index in [2.05, 4.69) is 0 Å². The van der Waals surface area contributed by atoms with Gasteiger partial charge in [0.2, 0.25) is 0 Å². The van der Waals surface area contributed by atoms with Crippen molar-refractivity contribution < 1.29 is 13.9 Å². The average molecular weight is 247 g/mol. The Hall–Kier alpha value is -2.15. The van der Waals surface area contributed by atoms with Crippen molar-refractivity contribution in [1.82, 2.24) is 0 Å². The molecule has 0 spiro atoms. The summed E-state index contributed by atoms with van der Waals surface area (Å²) < 4.78 is 18.0. The molecule has 0 saturated carbocycles. The number of hydrogen-bond donors (Lipinski definition) is 0. The lowest BCUT2D eigenvalue weighted by molar-refractivity contribution is -0.142. The van der Waals surface area contributed by atoms with Crippen LogP contribution in [0.25, 0.3) is 6.08 Å². The van der Waals surface area contributed by atoms with Gasteiger partial charge < -0.3 is 4.74 Å². The summed E-state index contributed by atoms with van der Waals surface area (Å²) in [4.78, 5) is 11.6. The molecule has 0 amide bonds. The van der Waals surface area contributed by atoms with E-state index in [-0.39, 0.29) is 17.5 Å².